The van der Waals surface area contributed by atoms with Crippen molar-refractivity contribution in [3.8, 4) is 0 Å². The van der Waals surface area contributed by atoms with E-state index in [1.165, 1.54) is 0 Å². The summed E-state index contributed by atoms with van der Waals surface area (Å²) in [6.45, 7) is 0.727. The molecule has 0 saturated heterocycles. The molecule has 2 atom stereocenters. The molecule has 20 heavy (non-hydrogen) atoms. The third-order valence-electron chi connectivity index (χ3n) is 1.65. The minimum atomic E-state index is -4.69. The van der Waals surface area contributed by atoms with Crippen LogP contribution in [0.15, 0.2) is 0 Å². The number of carbonyl (C=O) groups is 1. The third kappa shape index (κ3) is 17.5. The number of hydrogen-bond donors (Lipinski definition) is 3. The molecular weight excluding hydrogens is 293 g/mol. The second-order valence-electron chi connectivity index (χ2n) is 4.90. The van der Waals surface area contributed by atoms with E-state index in [4.69, 9.17) is 15.3 Å². The van der Waals surface area contributed by atoms with Gasteiger partial charge in [0.05, 0.1) is 41.0 Å². The van der Waals surface area contributed by atoms with Crippen molar-refractivity contribution in [2.45, 2.75) is 13.0 Å². The maximum atomic E-state index is 10.6. The fourth-order valence-corrected chi connectivity index (χ4v) is 1.44. The molecule has 0 spiro atoms. The standard InChI is InChI=1S/C5H14NO.C5H11O7P/c1-6(2,3)4-5-7;1-4(7)12-13(9,10)11-3-5(8)2-6/h7H,4-5H2,1-3H3;5-6,8H,2-3H2,1H3,(H,9,10)/q+1;/p-1. The van der Waals surface area contributed by atoms with Gasteiger partial charge < -0.3 is 33.7 Å². The Labute approximate surface area is 118 Å². The molecule has 0 heterocycles. The van der Waals surface area contributed by atoms with Crippen LogP contribution in [0.25, 0.3) is 0 Å². The fraction of sp³-hybridized carbons (Fsp3) is 0.900. The normalized spacial score (nSPS) is 15.6. The van der Waals surface area contributed by atoms with Crippen LogP contribution in [0.4, 0.5) is 0 Å². The van der Waals surface area contributed by atoms with Crippen molar-refractivity contribution in [3.05, 3.63) is 0 Å². The Morgan fingerprint density at radius 2 is 1.85 bits per heavy atom. The largest absolute Gasteiger partial charge is 0.746 e. The Morgan fingerprint density at radius 3 is 2.10 bits per heavy atom. The number of carbonyl (C=O) groups excluding carboxylic acids is 1. The van der Waals surface area contributed by atoms with E-state index in [-0.39, 0.29) is 6.61 Å². The lowest BCUT2D eigenvalue weighted by Gasteiger charge is -2.22. The average molecular weight is 317 g/mol. The zero-order valence-electron chi connectivity index (χ0n) is 12.2. The number of rotatable bonds is 7. The monoisotopic (exact) mass is 317 g/mol. The topological polar surface area (TPSA) is 136 Å². The van der Waals surface area contributed by atoms with Crippen molar-refractivity contribution in [1.29, 1.82) is 0 Å². The second kappa shape index (κ2) is 10.2. The van der Waals surface area contributed by atoms with Gasteiger partial charge in [-0.1, -0.05) is 0 Å². The molecule has 0 fully saturated rings. The molecule has 0 aromatic carbocycles. The average Bonchev–Trinajstić information content (AvgIpc) is 2.23. The molecule has 122 valence electrons. The van der Waals surface area contributed by atoms with Crippen LogP contribution in [0.3, 0.4) is 0 Å². The molecule has 0 bridgehead atoms. The van der Waals surface area contributed by atoms with Crippen molar-refractivity contribution in [2.75, 3.05) is 47.5 Å². The first kappa shape index (κ1) is 21.8. The number of aliphatic hydroxyl groups excluding tert-OH is 3. The van der Waals surface area contributed by atoms with Crippen LogP contribution in [-0.2, 0) is 18.4 Å². The lowest BCUT2D eigenvalue weighted by Crippen LogP contribution is -2.36. The van der Waals surface area contributed by atoms with Crippen LogP contribution in [0, 0.1) is 0 Å². The number of quaternary nitrogens is 1. The lowest BCUT2D eigenvalue weighted by atomic mass is 10.4. The molecule has 0 aromatic rings. The molecule has 0 rings (SSSR count). The van der Waals surface area contributed by atoms with Gasteiger partial charge in [0, 0.05) is 6.92 Å². The maximum Gasteiger partial charge on any atom is 0.321 e. The van der Waals surface area contributed by atoms with Crippen molar-refractivity contribution < 1.29 is 43.1 Å². The van der Waals surface area contributed by atoms with E-state index in [1.807, 2.05) is 0 Å². The van der Waals surface area contributed by atoms with Gasteiger partial charge in [-0.15, -0.1) is 0 Å². The highest BCUT2D eigenvalue weighted by Crippen LogP contribution is 2.38. The fourth-order valence-electron chi connectivity index (χ4n) is 0.714. The number of hydrogen-bond acceptors (Lipinski definition) is 8. The van der Waals surface area contributed by atoms with Gasteiger partial charge in [-0.25, -0.2) is 0 Å². The summed E-state index contributed by atoms with van der Waals surface area (Å²) in [4.78, 5) is 20.8. The van der Waals surface area contributed by atoms with Gasteiger partial charge in [0.1, 0.15) is 12.6 Å². The van der Waals surface area contributed by atoms with Gasteiger partial charge in [0.25, 0.3) is 0 Å². The summed E-state index contributed by atoms with van der Waals surface area (Å²) in [5.41, 5.74) is 0. The van der Waals surface area contributed by atoms with Gasteiger partial charge in [0.2, 0.25) is 0 Å². The summed E-state index contributed by atoms with van der Waals surface area (Å²) in [5, 5.41) is 25.4. The highest BCUT2D eigenvalue weighted by atomic mass is 31.2. The summed E-state index contributed by atoms with van der Waals surface area (Å²) in [5.74, 6) is -1.03. The molecule has 9 nitrogen and oxygen atoms in total. The zero-order chi connectivity index (χ0) is 16.4. The third-order valence-corrected chi connectivity index (χ3v) is 2.59. The Morgan fingerprint density at radius 1 is 1.35 bits per heavy atom. The van der Waals surface area contributed by atoms with Crippen LogP contribution >= 0.6 is 7.82 Å². The first-order valence-electron chi connectivity index (χ1n) is 5.79. The van der Waals surface area contributed by atoms with E-state index >= 15 is 0 Å². The van der Waals surface area contributed by atoms with Crippen LogP contribution < -0.4 is 4.89 Å². The van der Waals surface area contributed by atoms with Crippen LogP contribution in [0.2, 0.25) is 0 Å². The van der Waals surface area contributed by atoms with Gasteiger partial charge in [-0.05, 0) is 0 Å². The smallest absolute Gasteiger partial charge is 0.321 e. The number of likely N-dealkylation sites (N-methyl/N-ethyl adjacent to an activating group) is 1. The maximum absolute atomic E-state index is 10.6. The molecule has 3 N–H and O–H groups in total. The van der Waals surface area contributed by atoms with Gasteiger partial charge in [0.15, 0.2) is 0 Å². The molecule has 0 radical (unpaired) electrons. The molecule has 0 amide bonds. The zero-order valence-corrected chi connectivity index (χ0v) is 13.1. The minimum absolute atomic E-state index is 0.281. The Balaban J connectivity index is 0. The first-order valence-corrected chi connectivity index (χ1v) is 7.25. The SMILES string of the molecule is CC(=O)OP(=O)([O-])OCC(O)CO.C[N+](C)(C)CCO. The Bertz CT molecular complexity index is 317. The molecule has 2 unspecified atom stereocenters. The molecular formula is C10H24NO8P. The highest BCUT2D eigenvalue weighted by Gasteiger charge is 2.14. The van der Waals surface area contributed by atoms with Gasteiger partial charge in [-0.2, -0.15) is 0 Å². The second-order valence-corrected chi connectivity index (χ2v) is 6.23. The Hall–Kier alpha value is -0.540. The van der Waals surface area contributed by atoms with E-state index < -0.39 is 33.1 Å². The molecule has 0 aromatic heterocycles. The van der Waals surface area contributed by atoms with Crippen LogP contribution in [0.5, 0.6) is 0 Å². The van der Waals surface area contributed by atoms with E-state index in [0.717, 1.165) is 18.0 Å². The van der Waals surface area contributed by atoms with E-state index in [2.05, 4.69) is 30.2 Å². The molecule has 10 heteroatoms. The number of phosphoric acid groups is 1. The number of nitrogens with zero attached hydrogens (tertiary/aromatic N) is 1. The summed E-state index contributed by atoms with van der Waals surface area (Å²) >= 11 is 0. The highest BCUT2D eigenvalue weighted by molar-refractivity contribution is 7.46. The summed E-state index contributed by atoms with van der Waals surface area (Å²) in [6.07, 6.45) is -1.32. The molecule has 0 aliphatic carbocycles. The molecule has 0 aliphatic rings. The quantitative estimate of drug-likeness (QED) is 0.365. The predicted octanol–water partition coefficient (Wildman–Crippen LogP) is -1.93. The minimum Gasteiger partial charge on any atom is -0.746 e. The summed E-state index contributed by atoms with van der Waals surface area (Å²) in [6, 6.07) is 0. The van der Waals surface area contributed by atoms with E-state index in [0.29, 0.717) is 0 Å². The number of aliphatic hydroxyl groups is 3. The predicted molar refractivity (Wildman–Crippen MR) is 68.4 cm³/mol. The lowest BCUT2D eigenvalue weighted by molar-refractivity contribution is -0.870. The van der Waals surface area contributed by atoms with Gasteiger partial charge in [-0.3, -0.25) is 9.36 Å². The first-order chi connectivity index (χ1) is 8.93. The van der Waals surface area contributed by atoms with Crippen molar-refractivity contribution >= 4 is 13.8 Å². The number of phosphoric ester groups is 1. The van der Waals surface area contributed by atoms with Gasteiger partial charge >= 0.3 is 13.8 Å². The molecule has 0 aliphatic heterocycles. The van der Waals surface area contributed by atoms with E-state index in [9.17, 15) is 14.3 Å². The molecule has 0 saturated carbocycles. The van der Waals surface area contributed by atoms with E-state index in [1.54, 1.807) is 0 Å². The van der Waals surface area contributed by atoms with Crippen LogP contribution in [-0.4, -0.2) is 79.4 Å². The van der Waals surface area contributed by atoms with Crippen molar-refractivity contribution in [3.63, 3.8) is 0 Å². The van der Waals surface area contributed by atoms with Crippen LogP contribution in [0.1, 0.15) is 6.92 Å². The Kier molecular flexibility index (Phi) is 11.1. The summed E-state index contributed by atoms with van der Waals surface area (Å²) < 4.78 is 19.3. The van der Waals surface area contributed by atoms with Crippen molar-refractivity contribution in [1.82, 2.24) is 0 Å². The van der Waals surface area contributed by atoms with Crippen molar-refractivity contribution in [2.24, 2.45) is 0 Å². The summed E-state index contributed by atoms with van der Waals surface area (Å²) in [7, 11) is 1.47.